The second-order valence-corrected chi connectivity index (χ2v) is 4.15. The predicted molar refractivity (Wildman–Crippen MR) is 68.1 cm³/mol. The molecular weight excluding hydrogens is 246 g/mol. The third kappa shape index (κ3) is 3.60. The monoisotopic (exact) mass is 258 g/mol. The van der Waals surface area contributed by atoms with Crippen molar-refractivity contribution in [2.75, 3.05) is 0 Å². The lowest BCUT2D eigenvalue weighted by Gasteiger charge is -2.06. The van der Waals surface area contributed by atoms with E-state index in [1.54, 1.807) is 12.1 Å². The molecule has 4 heteroatoms. The molecule has 0 aliphatic rings. The Morgan fingerprint density at radius 3 is 2.42 bits per heavy atom. The minimum absolute atomic E-state index is 0.254. The Kier molecular flexibility index (Phi) is 4.22. The molecule has 0 bridgehead atoms. The Labute approximate surface area is 110 Å². The first kappa shape index (κ1) is 13.2. The standard InChI is InChI=1S/C15H12F2N2/c16-14-5-6-15(17)13(7-14)10-19-9-12-3-1-11(8-18)2-4-12/h1-7,19H,9-10H2. The quantitative estimate of drug-likeness (QED) is 0.914. The van der Waals surface area contributed by atoms with Crippen LogP contribution in [0.4, 0.5) is 8.78 Å². The Morgan fingerprint density at radius 1 is 1.00 bits per heavy atom. The molecule has 2 aromatic carbocycles. The molecule has 1 N–H and O–H groups in total. The number of nitrogens with zero attached hydrogens (tertiary/aromatic N) is 1. The van der Waals surface area contributed by atoms with Gasteiger partial charge in [0.1, 0.15) is 11.6 Å². The van der Waals surface area contributed by atoms with Crippen LogP contribution in [0.2, 0.25) is 0 Å². The van der Waals surface area contributed by atoms with Crippen LogP contribution in [0.15, 0.2) is 42.5 Å². The Bertz CT molecular complexity index is 601. The van der Waals surface area contributed by atoms with E-state index >= 15 is 0 Å². The summed E-state index contributed by atoms with van der Waals surface area (Å²) >= 11 is 0. The molecule has 96 valence electrons. The summed E-state index contributed by atoms with van der Waals surface area (Å²) in [5.74, 6) is -0.870. The number of hydrogen-bond acceptors (Lipinski definition) is 2. The van der Waals surface area contributed by atoms with Gasteiger partial charge in [-0.05, 0) is 35.9 Å². The number of nitriles is 1. The van der Waals surface area contributed by atoms with Gasteiger partial charge in [0.2, 0.25) is 0 Å². The predicted octanol–water partition coefficient (Wildman–Crippen LogP) is 3.13. The van der Waals surface area contributed by atoms with Crippen molar-refractivity contribution < 1.29 is 8.78 Å². The molecule has 0 saturated heterocycles. The van der Waals surface area contributed by atoms with Gasteiger partial charge in [0.15, 0.2) is 0 Å². The third-order valence-corrected chi connectivity index (χ3v) is 2.74. The number of rotatable bonds is 4. The van der Waals surface area contributed by atoms with Crippen LogP contribution >= 0.6 is 0 Å². The number of hydrogen-bond donors (Lipinski definition) is 1. The van der Waals surface area contributed by atoms with E-state index in [0.29, 0.717) is 17.7 Å². The van der Waals surface area contributed by atoms with Crippen molar-refractivity contribution in [2.45, 2.75) is 13.1 Å². The normalized spacial score (nSPS) is 10.2. The van der Waals surface area contributed by atoms with Gasteiger partial charge >= 0.3 is 0 Å². The van der Waals surface area contributed by atoms with Gasteiger partial charge < -0.3 is 5.32 Å². The Hall–Kier alpha value is -2.25. The van der Waals surface area contributed by atoms with Gasteiger partial charge in [0.05, 0.1) is 11.6 Å². The zero-order valence-electron chi connectivity index (χ0n) is 10.2. The highest BCUT2D eigenvalue weighted by Crippen LogP contribution is 2.10. The molecule has 0 aliphatic carbocycles. The molecule has 2 nitrogen and oxygen atoms in total. The summed E-state index contributed by atoms with van der Waals surface area (Å²) < 4.78 is 26.3. The van der Waals surface area contributed by atoms with Gasteiger partial charge in [0.25, 0.3) is 0 Å². The molecule has 0 radical (unpaired) electrons. The van der Waals surface area contributed by atoms with E-state index in [1.807, 2.05) is 18.2 Å². The topological polar surface area (TPSA) is 35.8 Å². The fourth-order valence-corrected chi connectivity index (χ4v) is 1.72. The zero-order chi connectivity index (χ0) is 13.7. The molecule has 0 heterocycles. The largest absolute Gasteiger partial charge is 0.309 e. The zero-order valence-corrected chi connectivity index (χ0v) is 10.2. The van der Waals surface area contributed by atoms with Crippen molar-refractivity contribution in [3.05, 3.63) is 70.8 Å². The van der Waals surface area contributed by atoms with Crippen LogP contribution in [-0.4, -0.2) is 0 Å². The van der Waals surface area contributed by atoms with Gasteiger partial charge in [-0.3, -0.25) is 0 Å². The third-order valence-electron chi connectivity index (χ3n) is 2.74. The van der Waals surface area contributed by atoms with Gasteiger partial charge in [-0.15, -0.1) is 0 Å². The van der Waals surface area contributed by atoms with Crippen molar-refractivity contribution >= 4 is 0 Å². The van der Waals surface area contributed by atoms with Crippen LogP contribution in [0, 0.1) is 23.0 Å². The fourth-order valence-electron chi connectivity index (χ4n) is 1.72. The van der Waals surface area contributed by atoms with Gasteiger partial charge in [-0.1, -0.05) is 12.1 Å². The molecule has 2 aromatic rings. The molecule has 0 spiro atoms. The van der Waals surface area contributed by atoms with Crippen molar-refractivity contribution in [3.63, 3.8) is 0 Å². The summed E-state index contributed by atoms with van der Waals surface area (Å²) in [6.45, 7) is 0.783. The first-order valence-electron chi connectivity index (χ1n) is 5.83. The average molecular weight is 258 g/mol. The molecule has 0 saturated carbocycles. The van der Waals surface area contributed by atoms with Crippen LogP contribution in [-0.2, 0) is 13.1 Å². The van der Waals surface area contributed by atoms with Crippen LogP contribution in [0.1, 0.15) is 16.7 Å². The van der Waals surface area contributed by atoms with E-state index in [9.17, 15) is 8.78 Å². The molecule has 0 amide bonds. The maximum absolute atomic E-state index is 13.4. The highest BCUT2D eigenvalue weighted by Gasteiger charge is 2.03. The Balaban J connectivity index is 1.92. The van der Waals surface area contributed by atoms with Crippen molar-refractivity contribution in [1.29, 1.82) is 5.26 Å². The molecule has 2 rings (SSSR count). The minimum atomic E-state index is -0.448. The summed E-state index contributed by atoms with van der Waals surface area (Å²) in [5, 5.41) is 11.7. The van der Waals surface area contributed by atoms with E-state index in [0.717, 1.165) is 17.7 Å². The lowest BCUT2D eigenvalue weighted by atomic mass is 10.1. The number of benzene rings is 2. The SMILES string of the molecule is N#Cc1ccc(CNCc2cc(F)ccc2F)cc1. The van der Waals surface area contributed by atoms with Crippen LogP contribution in [0.3, 0.4) is 0 Å². The highest BCUT2D eigenvalue weighted by atomic mass is 19.1. The summed E-state index contributed by atoms with van der Waals surface area (Å²) in [4.78, 5) is 0. The van der Waals surface area contributed by atoms with Crippen LogP contribution < -0.4 is 5.32 Å². The summed E-state index contributed by atoms with van der Waals surface area (Å²) in [5.41, 5.74) is 1.88. The average Bonchev–Trinajstić information content (AvgIpc) is 2.43. The van der Waals surface area contributed by atoms with Crippen molar-refractivity contribution in [1.82, 2.24) is 5.32 Å². The van der Waals surface area contributed by atoms with Crippen LogP contribution in [0.5, 0.6) is 0 Å². The minimum Gasteiger partial charge on any atom is -0.309 e. The molecule has 0 atom stereocenters. The van der Waals surface area contributed by atoms with E-state index in [4.69, 9.17) is 5.26 Å². The molecule has 0 aliphatic heterocycles. The number of nitrogens with one attached hydrogen (secondary N) is 1. The van der Waals surface area contributed by atoms with Gasteiger partial charge in [0, 0.05) is 18.7 Å². The fraction of sp³-hybridized carbons (Fsp3) is 0.133. The van der Waals surface area contributed by atoms with E-state index in [1.165, 1.54) is 6.07 Å². The van der Waals surface area contributed by atoms with E-state index in [2.05, 4.69) is 5.32 Å². The lowest BCUT2D eigenvalue weighted by molar-refractivity contribution is 0.568. The van der Waals surface area contributed by atoms with Gasteiger partial charge in [-0.25, -0.2) is 8.78 Å². The highest BCUT2D eigenvalue weighted by molar-refractivity contribution is 5.31. The molecule has 0 unspecified atom stereocenters. The molecular formula is C15H12F2N2. The summed E-state index contributed by atoms with van der Waals surface area (Å²) in [7, 11) is 0. The maximum atomic E-state index is 13.4. The summed E-state index contributed by atoms with van der Waals surface area (Å²) in [6, 6.07) is 12.5. The second kappa shape index (κ2) is 6.07. The Morgan fingerprint density at radius 2 is 1.74 bits per heavy atom. The number of halogens is 2. The first-order chi connectivity index (χ1) is 9.19. The van der Waals surface area contributed by atoms with Gasteiger partial charge in [-0.2, -0.15) is 5.26 Å². The van der Waals surface area contributed by atoms with Crippen molar-refractivity contribution in [3.8, 4) is 6.07 Å². The molecule has 0 aromatic heterocycles. The lowest BCUT2D eigenvalue weighted by Crippen LogP contribution is -2.13. The second-order valence-electron chi connectivity index (χ2n) is 4.15. The summed E-state index contributed by atoms with van der Waals surface area (Å²) in [6.07, 6.45) is 0. The first-order valence-corrected chi connectivity index (χ1v) is 5.83. The molecule has 0 fully saturated rings. The maximum Gasteiger partial charge on any atom is 0.127 e. The van der Waals surface area contributed by atoms with Crippen molar-refractivity contribution in [2.24, 2.45) is 0 Å². The van der Waals surface area contributed by atoms with E-state index in [-0.39, 0.29) is 6.54 Å². The van der Waals surface area contributed by atoms with E-state index < -0.39 is 11.6 Å². The smallest absolute Gasteiger partial charge is 0.127 e. The molecule has 19 heavy (non-hydrogen) atoms. The van der Waals surface area contributed by atoms with Crippen LogP contribution in [0.25, 0.3) is 0 Å².